The van der Waals surface area contributed by atoms with Gasteiger partial charge in [-0.2, -0.15) is 0 Å². The van der Waals surface area contributed by atoms with Gasteiger partial charge in [-0.15, -0.1) is 0 Å². The van der Waals surface area contributed by atoms with Gasteiger partial charge in [0.2, 0.25) is 0 Å². The van der Waals surface area contributed by atoms with Crippen LogP contribution in [0.3, 0.4) is 0 Å². The zero-order valence-electron chi connectivity index (χ0n) is 12.0. The summed E-state index contributed by atoms with van der Waals surface area (Å²) in [6.45, 7) is 3.19. The van der Waals surface area contributed by atoms with Crippen molar-refractivity contribution in [3.05, 3.63) is 71.5 Å². The molecule has 0 saturated heterocycles. The largest absolute Gasteiger partial charge is 0.310 e. The Balaban J connectivity index is 1.99. The summed E-state index contributed by atoms with van der Waals surface area (Å²) < 4.78 is 12.9. The van der Waals surface area contributed by atoms with Crippen LogP contribution in [0.4, 0.5) is 4.39 Å². The van der Waals surface area contributed by atoms with Crippen molar-refractivity contribution < 1.29 is 4.39 Å². The van der Waals surface area contributed by atoms with Crippen LogP contribution in [-0.4, -0.2) is 6.54 Å². The van der Waals surface area contributed by atoms with Crippen LogP contribution in [0, 0.1) is 5.82 Å². The van der Waals surface area contributed by atoms with Crippen molar-refractivity contribution in [2.24, 2.45) is 0 Å². The van der Waals surface area contributed by atoms with E-state index in [1.54, 1.807) is 0 Å². The number of aryl methyl sites for hydroxylation is 1. The van der Waals surface area contributed by atoms with Gasteiger partial charge < -0.3 is 5.32 Å². The molecule has 0 aliphatic carbocycles. The van der Waals surface area contributed by atoms with Gasteiger partial charge in [0.15, 0.2) is 0 Å². The molecule has 0 amide bonds. The van der Waals surface area contributed by atoms with Crippen LogP contribution in [-0.2, 0) is 6.42 Å². The molecule has 2 rings (SSSR count). The smallest absolute Gasteiger partial charge is 0.123 e. The fourth-order valence-corrected chi connectivity index (χ4v) is 2.35. The SMILES string of the molecule is CCCNC(CCc1ccc(F)cc1)c1ccccc1. The highest BCUT2D eigenvalue weighted by molar-refractivity contribution is 5.21. The Morgan fingerprint density at radius 2 is 1.70 bits per heavy atom. The van der Waals surface area contributed by atoms with Gasteiger partial charge in [0, 0.05) is 6.04 Å². The van der Waals surface area contributed by atoms with E-state index in [-0.39, 0.29) is 5.82 Å². The molecule has 0 aromatic heterocycles. The molecule has 0 aliphatic rings. The second-order valence-electron chi connectivity index (χ2n) is 5.08. The first-order chi connectivity index (χ1) is 9.79. The first-order valence-electron chi connectivity index (χ1n) is 7.32. The number of hydrogen-bond acceptors (Lipinski definition) is 1. The van der Waals surface area contributed by atoms with Crippen molar-refractivity contribution in [1.29, 1.82) is 0 Å². The number of halogens is 1. The van der Waals surface area contributed by atoms with Crippen molar-refractivity contribution in [2.45, 2.75) is 32.2 Å². The van der Waals surface area contributed by atoms with Crippen LogP contribution in [0.2, 0.25) is 0 Å². The molecule has 0 bridgehead atoms. The van der Waals surface area contributed by atoms with Crippen LogP contribution in [0.5, 0.6) is 0 Å². The first-order valence-corrected chi connectivity index (χ1v) is 7.32. The molecule has 20 heavy (non-hydrogen) atoms. The van der Waals surface area contributed by atoms with Gasteiger partial charge in [-0.25, -0.2) is 4.39 Å². The zero-order chi connectivity index (χ0) is 14.2. The molecular formula is C18H22FN. The van der Waals surface area contributed by atoms with Gasteiger partial charge in [0.25, 0.3) is 0 Å². The van der Waals surface area contributed by atoms with E-state index in [1.165, 1.54) is 23.3 Å². The maximum Gasteiger partial charge on any atom is 0.123 e. The lowest BCUT2D eigenvalue weighted by atomic mass is 9.99. The highest BCUT2D eigenvalue weighted by atomic mass is 19.1. The van der Waals surface area contributed by atoms with Crippen molar-refractivity contribution in [3.8, 4) is 0 Å². The molecular weight excluding hydrogens is 249 g/mol. The van der Waals surface area contributed by atoms with Crippen molar-refractivity contribution in [1.82, 2.24) is 5.32 Å². The number of rotatable bonds is 7. The van der Waals surface area contributed by atoms with Crippen LogP contribution in [0.1, 0.15) is 36.9 Å². The molecule has 1 nitrogen and oxygen atoms in total. The van der Waals surface area contributed by atoms with Gasteiger partial charge in [0.05, 0.1) is 0 Å². The number of hydrogen-bond donors (Lipinski definition) is 1. The lowest BCUT2D eigenvalue weighted by molar-refractivity contribution is 0.499. The van der Waals surface area contributed by atoms with Gasteiger partial charge in [0.1, 0.15) is 5.82 Å². The van der Waals surface area contributed by atoms with Gasteiger partial charge in [-0.05, 0) is 49.1 Å². The molecule has 0 radical (unpaired) electrons. The minimum absolute atomic E-state index is 0.169. The summed E-state index contributed by atoms with van der Waals surface area (Å²) in [6, 6.07) is 17.7. The third-order valence-corrected chi connectivity index (χ3v) is 3.48. The lowest BCUT2D eigenvalue weighted by Crippen LogP contribution is -2.22. The molecule has 0 fully saturated rings. The van der Waals surface area contributed by atoms with Crippen LogP contribution in [0.25, 0.3) is 0 Å². The second kappa shape index (κ2) is 7.81. The highest BCUT2D eigenvalue weighted by Crippen LogP contribution is 2.19. The van der Waals surface area contributed by atoms with Crippen molar-refractivity contribution in [2.75, 3.05) is 6.54 Å². The third kappa shape index (κ3) is 4.46. The molecule has 2 aromatic carbocycles. The molecule has 0 spiro atoms. The molecule has 2 heteroatoms. The summed E-state index contributed by atoms with van der Waals surface area (Å²) in [7, 11) is 0. The Kier molecular flexibility index (Phi) is 5.75. The van der Waals surface area contributed by atoms with Crippen LogP contribution >= 0.6 is 0 Å². The number of nitrogens with one attached hydrogen (secondary N) is 1. The fraction of sp³-hybridized carbons (Fsp3) is 0.333. The summed E-state index contributed by atoms with van der Waals surface area (Å²) in [5, 5.41) is 3.59. The quantitative estimate of drug-likeness (QED) is 0.782. The first kappa shape index (κ1) is 14.7. The Labute approximate surface area is 120 Å². The summed E-state index contributed by atoms with van der Waals surface area (Å²) in [4.78, 5) is 0. The normalized spacial score (nSPS) is 12.3. The van der Waals surface area contributed by atoms with Crippen LogP contribution in [0.15, 0.2) is 54.6 Å². The van der Waals surface area contributed by atoms with Gasteiger partial charge in [-0.1, -0.05) is 49.4 Å². The van der Waals surface area contributed by atoms with E-state index in [2.05, 4.69) is 36.5 Å². The summed E-state index contributed by atoms with van der Waals surface area (Å²) in [5.74, 6) is -0.169. The fourth-order valence-electron chi connectivity index (χ4n) is 2.35. The summed E-state index contributed by atoms with van der Waals surface area (Å²) in [6.07, 6.45) is 3.10. The maximum atomic E-state index is 12.9. The van der Waals surface area contributed by atoms with E-state index in [4.69, 9.17) is 0 Å². The van der Waals surface area contributed by atoms with E-state index in [1.807, 2.05) is 18.2 Å². The van der Waals surface area contributed by atoms with Gasteiger partial charge in [-0.3, -0.25) is 0 Å². The predicted octanol–water partition coefficient (Wildman–Crippen LogP) is 4.50. The van der Waals surface area contributed by atoms with E-state index in [0.29, 0.717) is 6.04 Å². The molecule has 1 N–H and O–H groups in total. The van der Waals surface area contributed by atoms with E-state index in [9.17, 15) is 4.39 Å². The molecule has 2 aromatic rings. The topological polar surface area (TPSA) is 12.0 Å². The van der Waals surface area contributed by atoms with E-state index >= 15 is 0 Å². The molecule has 106 valence electrons. The average molecular weight is 271 g/mol. The Bertz CT molecular complexity index is 493. The summed E-state index contributed by atoms with van der Waals surface area (Å²) in [5.41, 5.74) is 2.51. The van der Waals surface area contributed by atoms with Crippen molar-refractivity contribution >= 4 is 0 Å². The minimum Gasteiger partial charge on any atom is -0.310 e. The highest BCUT2D eigenvalue weighted by Gasteiger charge is 2.10. The standard InChI is InChI=1S/C18H22FN/c1-2-14-20-18(16-6-4-3-5-7-16)13-10-15-8-11-17(19)12-9-15/h3-9,11-12,18,20H,2,10,13-14H2,1H3. The molecule has 0 heterocycles. The van der Waals surface area contributed by atoms with Gasteiger partial charge >= 0.3 is 0 Å². The summed E-state index contributed by atoms with van der Waals surface area (Å²) >= 11 is 0. The molecule has 1 atom stereocenters. The molecule has 1 unspecified atom stereocenters. The maximum absolute atomic E-state index is 12.9. The molecule has 0 aliphatic heterocycles. The Morgan fingerprint density at radius 3 is 2.35 bits per heavy atom. The van der Waals surface area contributed by atoms with Crippen LogP contribution < -0.4 is 5.32 Å². The second-order valence-corrected chi connectivity index (χ2v) is 5.08. The monoisotopic (exact) mass is 271 g/mol. The zero-order valence-corrected chi connectivity index (χ0v) is 12.0. The number of benzene rings is 2. The predicted molar refractivity (Wildman–Crippen MR) is 82.2 cm³/mol. The Hall–Kier alpha value is -1.67. The average Bonchev–Trinajstić information content (AvgIpc) is 2.50. The van der Waals surface area contributed by atoms with Crippen molar-refractivity contribution in [3.63, 3.8) is 0 Å². The van der Waals surface area contributed by atoms with E-state index in [0.717, 1.165) is 25.8 Å². The Morgan fingerprint density at radius 1 is 1.00 bits per heavy atom. The minimum atomic E-state index is -0.169. The third-order valence-electron chi connectivity index (χ3n) is 3.48. The van der Waals surface area contributed by atoms with E-state index < -0.39 is 0 Å². The lowest BCUT2D eigenvalue weighted by Gasteiger charge is -2.19. The molecule has 0 saturated carbocycles.